The second-order valence-corrected chi connectivity index (χ2v) is 13.8. The number of ketones is 1. The Labute approximate surface area is 271 Å². The molecule has 0 atom stereocenters. The Morgan fingerprint density at radius 3 is 2.38 bits per heavy atom. The van der Waals surface area contributed by atoms with E-state index in [1.54, 1.807) is 48.5 Å². The number of rotatable bonds is 8. The zero-order valence-electron chi connectivity index (χ0n) is 22.9. The molecule has 0 bridgehead atoms. The van der Waals surface area contributed by atoms with Gasteiger partial charge in [0.15, 0.2) is 15.6 Å². The Morgan fingerprint density at radius 2 is 1.62 bits per heavy atom. The summed E-state index contributed by atoms with van der Waals surface area (Å²) in [6, 6.07) is 23.2. The van der Waals surface area contributed by atoms with Crippen LogP contribution in [0.1, 0.15) is 16.1 Å². The zero-order chi connectivity index (χ0) is 32.0. The highest BCUT2D eigenvalue weighted by Gasteiger charge is 2.31. The molecule has 0 amide bonds. The molecule has 45 heavy (non-hydrogen) atoms. The molecule has 0 unspecified atom stereocenters. The van der Waals surface area contributed by atoms with Gasteiger partial charge < -0.3 is 9.55 Å². The van der Waals surface area contributed by atoms with Gasteiger partial charge in [-0.3, -0.25) is 19.7 Å². The molecule has 0 fully saturated rings. The molecular weight excluding hydrogens is 732 g/mol. The van der Waals surface area contributed by atoms with E-state index in [-0.39, 0.29) is 43.9 Å². The lowest BCUT2D eigenvalue weighted by Gasteiger charge is -2.14. The lowest BCUT2D eigenvalue weighted by molar-refractivity contribution is -0.384. The first-order valence-corrected chi connectivity index (χ1v) is 16.5. The van der Waals surface area contributed by atoms with Gasteiger partial charge in [0.2, 0.25) is 0 Å². The van der Waals surface area contributed by atoms with Crippen molar-refractivity contribution < 1.29 is 18.1 Å². The number of aromatic nitrogens is 3. The number of nitrogens with one attached hydrogen (secondary N) is 1. The molecule has 11 nitrogen and oxygen atoms in total. The van der Waals surface area contributed by atoms with E-state index in [9.17, 15) is 32.9 Å². The number of Topliss-reactive ketones (excluding diaryl/α,β-unsaturated/α-hetero) is 1. The number of hydrogen-bond acceptors (Lipinski definition) is 7. The smallest absolute Gasteiger partial charge is 0.332 e. The van der Waals surface area contributed by atoms with E-state index in [1.165, 1.54) is 47.0 Å². The van der Waals surface area contributed by atoms with Crippen molar-refractivity contribution >= 4 is 75.0 Å². The Morgan fingerprint density at radius 1 is 0.889 bits per heavy atom. The summed E-state index contributed by atoms with van der Waals surface area (Å²) < 4.78 is 30.3. The predicted molar refractivity (Wildman–Crippen MR) is 176 cm³/mol. The maximum Gasteiger partial charge on any atom is 0.333 e. The number of carbonyl (C=O) groups is 1. The van der Waals surface area contributed by atoms with Gasteiger partial charge in [-0.2, -0.15) is 0 Å². The van der Waals surface area contributed by atoms with Crippen LogP contribution in [0.25, 0.3) is 27.5 Å². The minimum absolute atomic E-state index is 0.107. The minimum atomic E-state index is -4.23. The Balaban J connectivity index is 1.68. The van der Waals surface area contributed by atoms with Crippen LogP contribution in [0.15, 0.2) is 114 Å². The summed E-state index contributed by atoms with van der Waals surface area (Å²) in [5, 5.41) is 12.0. The van der Waals surface area contributed by atoms with Gasteiger partial charge in [0.25, 0.3) is 11.2 Å². The molecule has 4 aromatic carbocycles. The number of nitro benzene ring substituents is 1. The van der Waals surface area contributed by atoms with Crippen LogP contribution in [-0.4, -0.2) is 39.0 Å². The Hall–Kier alpha value is -4.66. The molecular formula is C31H20Br2N4O7S. The summed E-state index contributed by atoms with van der Waals surface area (Å²) in [6.45, 7) is -0.115. The molecule has 0 saturated carbocycles. The van der Waals surface area contributed by atoms with E-state index in [0.717, 1.165) is 4.57 Å². The molecule has 0 saturated heterocycles. The number of carbonyl (C=O) groups excluding carboxylic acids is 1. The lowest BCUT2D eigenvalue weighted by atomic mass is 10.1. The van der Waals surface area contributed by atoms with E-state index in [4.69, 9.17) is 0 Å². The topological polar surface area (TPSA) is 154 Å². The highest BCUT2D eigenvalue weighted by molar-refractivity contribution is 9.10. The van der Waals surface area contributed by atoms with Gasteiger partial charge in [-0.1, -0.05) is 52.3 Å². The first-order chi connectivity index (χ1) is 21.5. The minimum Gasteiger partial charge on any atom is -0.332 e. The molecule has 226 valence electrons. The number of benzene rings is 4. The second-order valence-electron chi connectivity index (χ2n) is 10.1. The molecule has 0 spiro atoms. The second kappa shape index (κ2) is 11.7. The number of halogens is 2. The Kier molecular flexibility index (Phi) is 7.89. The summed E-state index contributed by atoms with van der Waals surface area (Å²) in [4.78, 5) is 55.3. The van der Waals surface area contributed by atoms with Crippen molar-refractivity contribution in [2.75, 3.05) is 5.75 Å². The summed E-state index contributed by atoms with van der Waals surface area (Å²) in [5.74, 6) is -1.88. The van der Waals surface area contributed by atoms with Crippen molar-refractivity contribution in [2.45, 2.75) is 11.4 Å². The highest BCUT2D eigenvalue weighted by Crippen LogP contribution is 2.33. The van der Waals surface area contributed by atoms with Gasteiger partial charge in [0.05, 0.1) is 31.9 Å². The number of H-pyrrole nitrogens is 1. The summed E-state index contributed by atoms with van der Waals surface area (Å²) in [5.41, 5.74) is -0.969. The molecule has 0 radical (unpaired) electrons. The van der Waals surface area contributed by atoms with Crippen molar-refractivity contribution in [3.63, 3.8) is 0 Å². The van der Waals surface area contributed by atoms with Crippen LogP contribution in [0.2, 0.25) is 0 Å². The maximum atomic E-state index is 14.3. The highest BCUT2D eigenvalue weighted by atomic mass is 79.9. The van der Waals surface area contributed by atoms with Crippen LogP contribution < -0.4 is 11.2 Å². The van der Waals surface area contributed by atoms with Crippen LogP contribution in [0.3, 0.4) is 0 Å². The number of para-hydroxylation sites is 1. The van der Waals surface area contributed by atoms with Gasteiger partial charge in [0.1, 0.15) is 11.4 Å². The third kappa shape index (κ3) is 5.56. The number of aromatic amines is 1. The van der Waals surface area contributed by atoms with Crippen molar-refractivity contribution in [3.8, 4) is 5.69 Å². The number of hydrogen-bond donors (Lipinski definition) is 1. The fourth-order valence-electron chi connectivity index (χ4n) is 5.31. The van der Waals surface area contributed by atoms with Crippen molar-refractivity contribution in [1.29, 1.82) is 0 Å². The third-order valence-electron chi connectivity index (χ3n) is 7.25. The Bertz CT molecular complexity index is 2430. The van der Waals surface area contributed by atoms with Crippen LogP contribution >= 0.6 is 31.9 Å². The molecule has 0 aliphatic heterocycles. The average molecular weight is 752 g/mol. The lowest BCUT2D eigenvalue weighted by Crippen LogP contribution is -2.35. The largest absolute Gasteiger partial charge is 0.333 e. The number of nitrogens with zero attached hydrogens (tertiary/aromatic N) is 3. The molecule has 2 aromatic heterocycles. The van der Waals surface area contributed by atoms with Gasteiger partial charge in [-0.05, 0) is 64.0 Å². The van der Waals surface area contributed by atoms with E-state index < -0.39 is 37.5 Å². The van der Waals surface area contributed by atoms with Crippen LogP contribution in [-0.2, 0) is 16.4 Å². The van der Waals surface area contributed by atoms with E-state index in [2.05, 4.69) is 36.8 Å². The van der Waals surface area contributed by atoms with Gasteiger partial charge in [-0.25, -0.2) is 17.8 Å². The fourth-order valence-corrected chi connectivity index (χ4v) is 7.99. The summed E-state index contributed by atoms with van der Waals surface area (Å²) in [6.07, 6.45) is 0. The van der Waals surface area contributed by atoms with Crippen LogP contribution in [0, 0.1) is 10.1 Å². The van der Waals surface area contributed by atoms with Crippen LogP contribution in [0.4, 0.5) is 5.69 Å². The first kappa shape index (κ1) is 30.4. The number of fused-ring (bicyclic) bond motifs is 2. The monoisotopic (exact) mass is 750 g/mol. The van der Waals surface area contributed by atoms with Gasteiger partial charge >= 0.3 is 5.69 Å². The van der Waals surface area contributed by atoms with Crippen molar-refractivity contribution in [1.82, 2.24) is 14.1 Å². The van der Waals surface area contributed by atoms with E-state index in [0.29, 0.717) is 20.9 Å². The average Bonchev–Trinajstić information content (AvgIpc) is 3.29. The molecule has 0 aliphatic rings. The molecule has 6 aromatic rings. The van der Waals surface area contributed by atoms with E-state index >= 15 is 0 Å². The molecule has 2 heterocycles. The normalized spacial score (nSPS) is 11.7. The quantitative estimate of drug-likeness (QED) is 0.118. The standard InChI is InChI=1S/C31H20Br2N4O7S/c32-19-12-13-25-22(15-19)28(36-30(39)21-8-1-3-10-24(21)34-31(36)40)29(35(25)16-18-6-5-7-20(14-18)37(41)42)26(38)17-45(43,44)27-11-4-2-9-23(27)33/h1-15H,16-17H2,(H,34,40). The van der Waals surface area contributed by atoms with Crippen LogP contribution in [0.5, 0.6) is 0 Å². The molecule has 1 N–H and O–H groups in total. The van der Waals surface area contributed by atoms with Gasteiger partial charge in [0, 0.05) is 33.0 Å². The van der Waals surface area contributed by atoms with Crippen molar-refractivity contribution in [3.05, 3.63) is 142 Å². The molecule has 14 heteroatoms. The first-order valence-electron chi connectivity index (χ1n) is 13.3. The third-order valence-corrected chi connectivity index (χ3v) is 10.4. The number of non-ortho nitro benzene ring substituents is 1. The summed E-state index contributed by atoms with van der Waals surface area (Å²) >= 11 is 6.66. The zero-order valence-corrected chi connectivity index (χ0v) is 26.9. The molecule has 0 aliphatic carbocycles. The summed E-state index contributed by atoms with van der Waals surface area (Å²) in [7, 11) is -4.23. The SMILES string of the molecule is O=C(CS(=O)(=O)c1ccccc1Br)c1c(-n2c(=O)[nH]c3ccccc3c2=O)c2cc(Br)ccc2n1Cc1cccc([N+](=O)[O-])c1. The van der Waals surface area contributed by atoms with Crippen molar-refractivity contribution in [2.24, 2.45) is 0 Å². The fraction of sp³-hybridized carbons (Fsp3) is 0.0645. The predicted octanol–water partition coefficient (Wildman–Crippen LogP) is 5.77. The number of sulfone groups is 1. The maximum absolute atomic E-state index is 14.3. The number of nitro groups is 1. The van der Waals surface area contributed by atoms with E-state index in [1.807, 2.05) is 0 Å². The molecule has 6 rings (SSSR count). The van der Waals surface area contributed by atoms with Gasteiger partial charge in [-0.15, -0.1) is 0 Å².